The van der Waals surface area contributed by atoms with Gasteiger partial charge in [-0.15, -0.1) is 11.8 Å². The molecule has 0 heterocycles. The number of rotatable bonds is 13. The van der Waals surface area contributed by atoms with Crippen LogP contribution in [-0.4, -0.2) is 48.7 Å². The summed E-state index contributed by atoms with van der Waals surface area (Å²) in [7, 11) is 3.43. The van der Waals surface area contributed by atoms with Gasteiger partial charge in [-0.3, -0.25) is 0 Å². The Bertz CT molecular complexity index is 632. The highest BCUT2D eigenvalue weighted by Crippen LogP contribution is 2.36. The second-order valence-electron chi connectivity index (χ2n) is 6.13. The lowest BCUT2D eigenvalue weighted by molar-refractivity contribution is -0.134. The molecule has 0 saturated heterocycles. The van der Waals surface area contributed by atoms with E-state index in [1.165, 1.54) is 32.1 Å². The second kappa shape index (κ2) is 16.7. The number of aliphatic carboxylic acids is 2. The minimum atomic E-state index is -1.26. The van der Waals surface area contributed by atoms with E-state index in [1.54, 1.807) is 14.2 Å². The van der Waals surface area contributed by atoms with Gasteiger partial charge in [0.2, 0.25) is 0 Å². The van der Waals surface area contributed by atoms with Crippen LogP contribution in [0.3, 0.4) is 0 Å². The van der Waals surface area contributed by atoms with Crippen molar-refractivity contribution in [1.29, 1.82) is 0 Å². The fourth-order valence-electron chi connectivity index (χ4n) is 2.43. The Morgan fingerprint density at radius 2 is 1.59 bits per heavy atom. The smallest absolute Gasteiger partial charge is 0.328 e. The quantitative estimate of drug-likeness (QED) is 0.246. The largest absolute Gasteiger partial charge is 0.496 e. The summed E-state index contributed by atoms with van der Waals surface area (Å²) in [5, 5.41) is 15.6. The number of benzene rings is 1. The van der Waals surface area contributed by atoms with E-state index < -0.39 is 11.9 Å². The first kappa shape index (κ1) is 26.8. The van der Waals surface area contributed by atoms with Crippen molar-refractivity contribution in [2.24, 2.45) is 5.73 Å². The third kappa shape index (κ3) is 12.8. The van der Waals surface area contributed by atoms with Gasteiger partial charge in [0.25, 0.3) is 0 Å². The topological polar surface area (TPSA) is 119 Å². The Kier molecular flexibility index (Phi) is 15.5. The summed E-state index contributed by atoms with van der Waals surface area (Å²) in [5.74, 6) is 0.451. The minimum absolute atomic E-state index is 0.558. The van der Waals surface area contributed by atoms with Crippen molar-refractivity contribution in [3.63, 3.8) is 0 Å². The molecular formula is C21H33NO6S. The van der Waals surface area contributed by atoms with Crippen LogP contribution in [0.15, 0.2) is 29.2 Å². The number of nitrogens with two attached hydrogens (primary N) is 1. The highest BCUT2D eigenvalue weighted by atomic mass is 32.2. The van der Waals surface area contributed by atoms with Crippen LogP contribution in [0.4, 0.5) is 0 Å². The molecule has 0 aromatic heterocycles. The molecule has 4 N–H and O–H groups in total. The van der Waals surface area contributed by atoms with Gasteiger partial charge in [-0.25, -0.2) is 9.59 Å². The fraction of sp³-hybridized carbons (Fsp3) is 0.524. The third-order valence-electron chi connectivity index (χ3n) is 3.85. The van der Waals surface area contributed by atoms with Crippen molar-refractivity contribution in [2.75, 3.05) is 26.5 Å². The molecule has 164 valence electrons. The molecule has 8 heteroatoms. The SMILES string of the molecule is CCCCCCCSc1cc(OC)c(CCN)cc1OC.O=C(O)C=CC(=O)O. The standard InChI is InChI=1S/C17H29NO2S.C4H4O4/c1-4-5-6-7-8-11-21-17-13-15(19-2)14(9-10-18)12-16(17)20-3;5-3(6)1-2-4(7)8/h12-13H,4-11,18H2,1-3H3;1-2H,(H,5,6)(H,7,8). The van der Waals surface area contributed by atoms with Gasteiger partial charge in [-0.2, -0.15) is 0 Å². The molecule has 0 spiro atoms. The van der Waals surface area contributed by atoms with E-state index in [0.717, 1.165) is 34.1 Å². The summed E-state index contributed by atoms with van der Waals surface area (Å²) < 4.78 is 11.0. The number of carbonyl (C=O) groups is 2. The molecule has 1 rings (SSSR count). The summed E-state index contributed by atoms with van der Waals surface area (Å²) in [6, 6.07) is 4.14. The van der Waals surface area contributed by atoms with E-state index in [1.807, 2.05) is 11.8 Å². The fourth-order valence-corrected chi connectivity index (χ4v) is 3.47. The third-order valence-corrected chi connectivity index (χ3v) is 4.98. The number of unbranched alkanes of at least 4 members (excludes halogenated alkanes) is 4. The zero-order valence-corrected chi connectivity index (χ0v) is 18.3. The monoisotopic (exact) mass is 427 g/mol. The van der Waals surface area contributed by atoms with Crippen molar-refractivity contribution in [3.05, 3.63) is 29.8 Å². The van der Waals surface area contributed by atoms with Crippen molar-refractivity contribution >= 4 is 23.7 Å². The molecule has 0 amide bonds. The van der Waals surface area contributed by atoms with Crippen molar-refractivity contribution < 1.29 is 29.3 Å². The van der Waals surface area contributed by atoms with Crippen LogP contribution in [0.25, 0.3) is 0 Å². The first-order valence-corrected chi connectivity index (χ1v) is 10.6. The predicted molar refractivity (Wildman–Crippen MR) is 116 cm³/mol. The van der Waals surface area contributed by atoms with E-state index in [4.69, 9.17) is 25.4 Å². The maximum atomic E-state index is 9.55. The molecule has 0 aliphatic carbocycles. The summed E-state index contributed by atoms with van der Waals surface area (Å²) in [4.78, 5) is 20.3. The zero-order chi connectivity index (χ0) is 22.1. The zero-order valence-electron chi connectivity index (χ0n) is 17.5. The molecule has 0 radical (unpaired) electrons. The van der Waals surface area contributed by atoms with Crippen molar-refractivity contribution in [3.8, 4) is 11.5 Å². The number of carboxylic acids is 2. The molecule has 0 aliphatic heterocycles. The molecular weight excluding hydrogens is 394 g/mol. The van der Waals surface area contributed by atoms with Crippen LogP contribution in [0.5, 0.6) is 11.5 Å². The van der Waals surface area contributed by atoms with E-state index in [2.05, 4.69) is 19.1 Å². The van der Waals surface area contributed by atoms with E-state index in [0.29, 0.717) is 18.7 Å². The predicted octanol–water partition coefficient (Wildman–Crippen LogP) is 3.98. The average molecular weight is 428 g/mol. The van der Waals surface area contributed by atoms with Gasteiger partial charge in [-0.05, 0) is 42.8 Å². The Labute approximate surface area is 177 Å². The lowest BCUT2D eigenvalue weighted by Crippen LogP contribution is -2.05. The van der Waals surface area contributed by atoms with E-state index in [-0.39, 0.29) is 0 Å². The van der Waals surface area contributed by atoms with Crippen LogP contribution in [-0.2, 0) is 16.0 Å². The van der Waals surface area contributed by atoms with Crippen LogP contribution in [0.1, 0.15) is 44.6 Å². The molecule has 0 atom stereocenters. The van der Waals surface area contributed by atoms with Crippen LogP contribution in [0, 0.1) is 0 Å². The van der Waals surface area contributed by atoms with Crippen LogP contribution in [0.2, 0.25) is 0 Å². The first-order chi connectivity index (χ1) is 13.9. The minimum Gasteiger partial charge on any atom is -0.496 e. The lowest BCUT2D eigenvalue weighted by Gasteiger charge is -2.14. The summed E-state index contributed by atoms with van der Waals surface area (Å²) in [6.45, 7) is 2.86. The molecule has 0 aliphatic rings. The van der Waals surface area contributed by atoms with Crippen LogP contribution >= 0.6 is 11.8 Å². The highest BCUT2D eigenvalue weighted by molar-refractivity contribution is 7.99. The molecule has 0 bridgehead atoms. The van der Waals surface area contributed by atoms with Gasteiger partial charge in [0.1, 0.15) is 11.5 Å². The first-order valence-electron chi connectivity index (χ1n) is 9.61. The Morgan fingerprint density at radius 1 is 1.00 bits per heavy atom. The van der Waals surface area contributed by atoms with Crippen molar-refractivity contribution in [1.82, 2.24) is 0 Å². The summed E-state index contributed by atoms with van der Waals surface area (Å²) in [5.41, 5.74) is 6.77. The Morgan fingerprint density at radius 3 is 2.07 bits per heavy atom. The molecule has 1 aromatic carbocycles. The normalized spacial score (nSPS) is 10.3. The Balaban J connectivity index is 0.000000828. The number of thioether (sulfide) groups is 1. The number of hydrogen-bond donors (Lipinski definition) is 3. The molecule has 0 fully saturated rings. The molecule has 7 nitrogen and oxygen atoms in total. The molecule has 0 unspecified atom stereocenters. The van der Waals surface area contributed by atoms with Gasteiger partial charge >= 0.3 is 11.9 Å². The highest BCUT2D eigenvalue weighted by Gasteiger charge is 2.11. The summed E-state index contributed by atoms with van der Waals surface area (Å²) >= 11 is 1.85. The van der Waals surface area contributed by atoms with Crippen molar-refractivity contribution in [2.45, 2.75) is 50.3 Å². The van der Waals surface area contributed by atoms with Gasteiger partial charge in [0, 0.05) is 12.2 Å². The number of carboxylic acid groups (broad SMARTS) is 2. The molecule has 29 heavy (non-hydrogen) atoms. The van der Waals surface area contributed by atoms with Gasteiger partial charge in [0.05, 0.1) is 19.1 Å². The van der Waals surface area contributed by atoms with Gasteiger partial charge < -0.3 is 25.4 Å². The van der Waals surface area contributed by atoms with E-state index in [9.17, 15) is 9.59 Å². The van der Waals surface area contributed by atoms with E-state index >= 15 is 0 Å². The van der Waals surface area contributed by atoms with Gasteiger partial charge in [-0.1, -0.05) is 32.6 Å². The maximum Gasteiger partial charge on any atom is 0.328 e. The average Bonchev–Trinajstić information content (AvgIpc) is 2.70. The number of ether oxygens (including phenoxy) is 2. The second-order valence-corrected chi connectivity index (χ2v) is 7.26. The lowest BCUT2D eigenvalue weighted by atomic mass is 10.1. The van der Waals surface area contributed by atoms with Crippen LogP contribution < -0.4 is 15.2 Å². The molecule has 0 saturated carbocycles. The number of methoxy groups -OCH3 is 2. The molecule has 1 aromatic rings. The summed E-state index contributed by atoms with van der Waals surface area (Å²) in [6.07, 6.45) is 8.46. The number of hydrogen-bond acceptors (Lipinski definition) is 6. The van der Waals surface area contributed by atoms with Gasteiger partial charge in [0.15, 0.2) is 0 Å². The maximum absolute atomic E-state index is 9.55. The Hall–Kier alpha value is -2.19.